The second kappa shape index (κ2) is 9.15. The molecule has 2 fully saturated rings. The molecular formula is C21H29N5O. The zero-order valence-corrected chi connectivity index (χ0v) is 15.9. The third kappa shape index (κ3) is 4.96. The molecule has 2 aliphatic rings. The number of hydrogen-bond donors (Lipinski definition) is 1. The summed E-state index contributed by atoms with van der Waals surface area (Å²) in [6.07, 6.45) is 3.80. The Balaban J connectivity index is 1.50. The molecule has 0 bridgehead atoms. The maximum Gasteiger partial charge on any atom is 0.225 e. The number of ether oxygens (including phenoxy) is 1. The lowest BCUT2D eigenvalue weighted by Gasteiger charge is -2.28. The molecule has 1 aromatic carbocycles. The fourth-order valence-corrected chi connectivity index (χ4v) is 3.71. The summed E-state index contributed by atoms with van der Waals surface area (Å²) in [6, 6.07) is 12.5. The van der Waals surface area contributed by atoms with Crippen LogP contribution >= 0.6 is 0 Å². The van der Waals surface area contributed by atoms with E-state index in [9.17, 15) is 0 Å². The Bertz CT molecular complexity index is 712. The number of benzene rings is 1. The van der Waals surface area contributed by atoms with Gasteiger partial charge in [-0.05, 0) is 19.3 Å². The molecule has 4 rings (SSSR count). The van der Waals surface area contributed by atoms with Crippen LogP contribution in [-0.2, 0) is 4.74 Å². The van der Waals surface area contributed by atoms with Crippen LogP contribution in [0, 0.1) is 0 Å². The molecule has 0 atom stereocenters. The largest absolute Gasteiger partial charge is 0.379 e. The maximum absolute atomic E-state index is 5.42. The molecule has 0 aliphatic carbocycles. The molecule has 1 aromatic heterocycles. The van der Waals surface area contributed by atoms with Crippen molar-refractivity contribution >= 4 is 11.8 Å². The van der Waals surface area contributed by atoms with Crippen molar-refractivity contribution in [2.24, 2.45) is 0 Å². The van der Waals surface area contributed by atoms with E-state index in [1.54, 1.807) is 0 Å². The first kappa shape index (κ1) is 18.2. The van der Waals surface area contributed by atoms with Crippen LogP contribution in [0.5, 0.6) is 0 Å². The SMILES string of the molecule is c1ccc(-c2cc(N3CCCCC3)nc(NCCN3CCOCC3)n2)cc1. The number of nitrogens with one attached hydrogen (secondary N) is 1. The quantitative estimate of drug-likeness (QED) is 0.847. The van der Waals surface area contributed by atoms with Gasteiger partial charge in [-0.25, -0.2) is 4.98 Å². The molecule has 2 aliphatic heterocycles. The summed E-state index contributed by atoms with van der Waals surface area (Å²) in [4.78, 5) is 14.4. The highest BCUT2D eigenvalue weighted by Crippen LogP contribution is 2.25. The second-order valence-corrected chi connectivity index (χ2v) is 7.23. The van der Waals surface area contributed by atoms with E-state index in [2.05, 4.69) is 45.4 Å². The first-order chi connectivity index (χ1) is 13.4. The van der Waals surface area contributed by atoms with Crippen LogP contribution in [0.4, 0.5) is 11.8 Å². The van der Waals surface area contributed by atoms with Crippen molar-refractivity contribution in [3.63, 3.8) is 0 Å². The zero-order chi connectivity index (χ0) is 18.3. The lowest BCUT2D eigenvalue weighted by atomic mass is 10.1. The van der Waals surface area contributed by atoms with Crippen LogP contribution < -0.4 is 10.2 Å². The Labute approximate surface area is 161 Å². The molecule has 6 nitrogen and oxygen atoms in total. The number of rotatable bonds is 6. The molecule has 1 N–H and O–H groups in total. The monoisotopic (exact) mass is 367 g/mol. The van der Waals surface area contributed by atoms with Gasteiger partial charge in [-0.15, -0.1) is 0 Å². The standard InChI is InChI=1S/C21H29N5O/c1-3-7-18(8-4-1)19-17-20(26-10-5-2-6-11-26)24-21(23-19)22-9-12-25-13-15-27-16-14-25/h1,3-4,7-8,17H,2,5-6,9-16H2,(H,22,23,24). The minimum atomic E-state index is 0.727. The molecule has 3 heterocycles. The van der Waals surface area contributed by atoms with Crippen molar-refractivity contribution in [3.05, 3.63) is 36.4 Å². The summed E-state index contributed by atoms with van der Waals surface area (Å²) in [5.41, 5.74) is 2.12. The second-order valence-electron chi connectivity index (χ2n) is 7.23. The van der Waals surface area contributed by atoms with Crippen molar-refractivity contribution in [1.29, 1.82) is 0 Å². The predicted molar refractivity (Wildman–Crippen MR) is 109 cm³/mol. The average Bonchev–Trinajstić information content (AvgIpc) is 2.76. The number of anilines is 2. The van der Waals surface area contributed by atoms with Crippen LogP contribution in [0.25, 0.3) is 11.3 Å². The summed E-state index contributed by atoms with van der Waals surface area (Å²) < 4.78 is 5.42. The summed E-state index contributed by atoms with van der Waals surface area (Å²) in [6.45, 7) is 7.67. The Morgan fingerprint density at radius 1 is 0.926 bits per heavy atom. The normalized spacial score (nSPS) is 18.4. The van der Waals surface area contributed by atoms with E-state index < -0.39 is 0 Å². The average molecular weight is 367 g/mol. The van der Waals surface area contributed by atoms with E-state index in [4.69, 9.17) is 14.7 Å². The Morgan fingerprint density at radius 3 is 2.48 bits per heavy atom. The van der Waals surface area contributed by atoms with E-state index >= 15 is 0 Å². The van der Waals surface area contributed by atoms with Crippen molar-refractivity contribution in [2.75, 3.05) is 62.7 Å². The fraction of sp³-hybridized carbons (Fsp3) is 0.524. The number of hydrogen-bond acceptors (Lipinski definition) is 6. The first-order valence-corrected chi connectivity index (χ1v) is 10.1. The molecule has 0 saturated carbocycles. The van der Waals surface area contributed by atoms with Gasteiger partial charge in [-0.3, -0.25) is 4.90 Å². The molecule has 2 saturated heterocycles. The summed E-state index contributed by atoms with van der Waals surface area (Å²) >= 11 is 0. The van der Waals surface area contributed by atoms with Gasteiger partial charge in [-0.2, -0.15) is 4.98 Å². The van der Waals surface area contributed by atoms with Gasteiger partial charge in [0.1, 0.15) is 5.82 Å². The molecule has 0 unspecified atom stereocenters. The molecule has 144 valence electrons. The van der Waals surface area contributed by atoms with Gasteiger partial charge in [0.2, 0.25) is 5.95 Å². The van der Waals surface area contributed by atoms with E-state index in [1.807, 2.05) is 6.07 Å². The van der Waals surface area contributed by atoms with Gasteiger partial charge in [0.25, 0.3) is 0 Å². The minimum Gasteiger partial charge on any atom is -0.379 e. The van der Waals surface area contributed by atoms with Crippen molar-refractivity contribution in [1.82, 2.24) is 14.9 Å². The Kier molecular flexibility index (Phi) is 6.17. The van der Waals surface area contributed by atoms with Crippen LogP contribution in [0.15, 0.2) is 36.4 Å². The Hall–Kier alpha value is -2.18. The zero-order valence-electron chi connectivity index (χ0n) is 15.9. The van der Waals surface area contributed by atoms with E-state index in [0.29, 0.717) is 0 Å². The Morgan fingerprint density at radius 2 is 1.70 bits per heavy atom. The van der Waals surface area contributed by atoms with Crippen molar-refractivity contribution in [2.45, 2.75) is 19.3 Å². The minimum absolute atomic E-state index is 0.727. The number of piperidine rings is 1. The van der Waals surface area contributed by atoms with Crippen LogP contribution in [0.2, 0.25) is 0 Å². The van der Waals surface area contributed by atoms with E-state index in [0.717, 1.165) is 75.5 Å². The smallest absolute Gasteiger partial charge is 0.225 e. The molecule has 0 radical (unpaired) electrons. The first-order valence-electron chi connectivity index (χ1n) is 10.1. The molecule has 0 spiro atoms. The van der Waals surface area contributed by atoms with Crippen LogP contribution in [0.1, 0.15) is 19.3 Å². The molecule has 2 aromatic rings. The van der Waals surface area contributed by atoms with Gasteiger partial charge in [0, 0.05) is 50.9 Å². The van der Waals surface area contributed by atoms with Gasteiger partial charge < -0.3 is 15.0 Å². The van der Waals surface area contributed by atoms with E-state index in [-0.39, 0.29) is 0 Å². The van der Waals surface area contributed by atoms with Crippen LogP contribution in [-0.4, -0.2) is 67.4 Å². The van der Waals surface area contributed by atoms with Gasteiger partial charge in [0.15, 0.2) is 0 Å². The summed E-state index contributed by atoms with van der Waals surface area (Å²) in [5.74, 6) is 1.77. The number of morpholine rings is 1. The maximum atomic E-state index is 5.42. The summed E-state index contributed by atoms with van der Waals surface area (Å²) in [7, 11) is 0. The lowest BCUT2D eigenvalue weighted by Crippen LogP contribution is -2.39. The molecule has 27 heavy (non-hydrogen) atoms. The lowest BCUT2D eigenvalue weighted by molar-refractivity contribution is 0.0398. The predicted octanol–water partition coefficient (Wildman–Crippen LogP) is 2.88. The number of aromatic nitrogens is 2. The highest BCUT2D eigenvalue weighted by atomic mass is 16.5. The van der Waals surface area contributed by atoms with Gasteiger partial charge in [-0.1, -0.05) is 30.3 Å². The highest BCUT2D eigenvalue weighted by molar-refractivity contribution is 5.64. The molecular weight excluding hydrogens is 338 g/mol. The fourth-order valence-electron chi connectivity index (χ4n) is 3.71. The van der Waals surface area contributed by atoms with E-state index in [1.165, 1.54) is 19.3 Å². The highest BCUT2D eigenvalue weighted by Gasteiger charge is 2.16. The third-order valence-electron chi connectivity index (χ3n) is 5.28. The molecule has 0 amide bonds. The summed E-state index contributed by atoms with van der Waals surface area (Å²) in [5, 5.41) is 3.45. The van der Waals surface area contributed by atoms with Crippen molar-refractivity contribution in [3.8, 4) is 11.3 Å². The topological polar surface area (TPSA) is 53.5 Å². The van der Waals surface area contributed by atoms with Crippen molar-refractivity contribution < 1.29 is 4.74 Å². The number of nitrogens with zero attached hydrogens (tertiary/aromatic N) is 4. The van der Waals surface area contributed by atoms with Gasteiger partial charge >= 0.3 is 0 Å². The third-order valence-corrected chi connectivity index (χ3v) is 5.28. The molecule has 6 heteroatoms. The van der Waals surface area contributed by atoms with Crippen LogP contribution in [0.3, 0.4) is 0 Å². The van der Waals surface area contributed by atoms with Gasteiger partial charge in [0.05, 0.1) is 18.9 Å².